The van der Waals surface area contributed by atoms with Gasteiger partial charge in [-0.3, -0.25) is 9.59 Å². The smallest absolute Gasteiger partial charge is 0.315 e. The van der Waals surface area contributed by atoms with E-state index in [0.29, 0.717) is 5.92 Å². The van der Waals surface area contributed by atoms with Crippen molar-refractivity contribution in [2.24, 2.45) is 5.92 Å². The quantitative estimate of drug-likeness (QED) is 0.541. The highest BCUT2D eigenvalue weighted by Crippen LogP contribution is 2.24. The molecule has 1 rings (SSSR count). The van der Waals surface area contributed by atoms with Crippen LogP contribution in [0.25, 0.3) is 0 Å². The number of rotatable bonds is 4. The van der Waals surface area contributed by atoms with Crippen molar-refractivity contribution in [3.8, 4) is 0 Å². The molecule has 1 fully saturated rings. The molecule has 0 saturated heterocycles. The molecule has 0 radical (unpaired) electrons. The highest BCUT2D eigenvalue weighted by atomic mass is 16.5. The molecule has 92 valence electrons. The zero-order valence-electron chi connectivity index (χ0n) is 10.2. The van der Waals surface area contributed by atoms with Gasteiger partial charge in [-0.15, -0.1) is 0 Å². The number of carbonyl (C=O) groups excluding carboxylic acids is 2. The minimum Gasteiger partial charge on any atom is -0.469 e. The molecular formula is C12H21NO3. The third kappa shape index (κ3) is 4.21. The van der Waals surface area contributed by atoms with Crippen LogP contribution in [0.1, 0.15) is 38.5 Å². The van der Waals surface area contributed by atoms with E-state index in [9.17, 15) is 9.59 Å². The average molecular weight is 227 g/mol. The van der Waals surface area contributed by atoms with Crippen LogP contribution in [-0.4, -0.2) is 37.5 Å². The minimum atomic E-state index is -0.458. The molecule has 0 aromatic carbocycles. The van der Waals surface area contributed by atoms with Gasteiger partial charge in [-0.05, 0) is 18.8 Å². The highest BCUT2D eigenvalue weighted by molar-refractivity contribution is 5.94. The lowest BCUT2D eigenvalue weighted by molar-refractivity contribution is -0.146. The minimum absolute atomic E-state index is 0.139. The van der Waals surface area contributed by atoms with Gasteiger partial charge in [-0.1, -0.05) is 19.3 Å². The summed E-state index contributed by atoms with van der Waals surface area (Å²) in [4.78, 5) is 24.2. The number of carbonyl (C=O) groups is 2. The maximum atomic E-state index is 11.6. The third-order valence-electron chi connectivity index (χ3n) is 3.21. The van der Waals surface area contributed by atoms with E-state index >= 15 is 0 Å². The van der Waals surface area contributed by atoms with E-state index in [1.54, 1.807) is 11.9 Å². The Morgan fingerprint density at radius 1 is 1.25 bits per heavy atom. The van der Waals surface area contributed by atoms with Crippen LogP contribution in [0, 0.1) is 5.92 Å². The van der Waals surface area contributed by atoms with Gasteiger partial charge < -0.3 is 9.64 Å². The fraction of sp³-hybridized carbons (Fsp3) is 0.833. The Kier molecular flexibility index (Phi) is 5.29. The van der Waals surface area contributed by atoms with E-state index in [2.05, 4.69) is 4.74 Å². The maximum Gasteiger partial charge on any atom is 0.315 e. The maximum absolute atomic E-state index is 11.6. The van der Waals surface area contributed by atoms with Gasteiger partial charge in [-0.25, -0.2) is 0 Å². The molecule has 0 unspecified atom stereocenters. The van der Waals surface area contributed by atoms with Crippen molar-refractivity contribution in [1.29, 1.82) is 0 Å². The molecule has 0 N–H and O–H groups in total. The van der Waals surface area contributed by atoms with E-state index in [0.717, 1.165) is 6.54 Å². The Bertz CT molecular complexity index is 247. The van der Waals surface area contributed by atoms with Crippen molar-refractivity contribution in [1.82, 2.24) is 4.90 Å². The largest absolute Gasteiger partial charge is 0.469 e. The number of nitrogens with zero attached hydrogens (tertiary/aromatic N) is 1. The van der Waals surface area contributed by atoms with Crippen LogP contribution in [0.3, 0.4) is 0 Å². The van der Waals surface area contributed by atoms with Crippen LogP contribution in [0.4, 0.5) is 0 Å². The van der Waals surface area contributed by atoms with Crippen molar-refractivity contribution in [2.45, 2.75) is 38.5 Å². The molecular weight excluding hydrogens is 206 g/mol. The number of hydrogen-bond donors (Lipinski definition) is 0. The topological polar surface area (TPSA) is 46.6 Å². The number of methoxy groups -OCH3 is 1. The second-order valence-electron chi connectivity index (χ2n) is 4.53. The number of esters is 1. The molecule has 0 aromatic rings. The summed E-state index contributed by atoms with van der Waals surface area (Å²) in [7, 11) is 3.07. The van der Waals surface area contributed by atoms with Gasteiger partial charge in [0.15, 0.2) is 0 Å². The van der Waals surface area contributed by atoms with Gasteiger partial charge in [-0.2, -0.15) is 0 Å². The van der Waals surface area contributed by atoms with Gasteiger partial charge >= 0.3 is 5.97 Å². The monoisotopic (exact) mass is 227 g/mol. The fourth-order valence-electron chi connectivity index (χ4n) is 2.19. The number of hydrogen-bond acceptors (Lipinski definition) is 3. The Morgan fingerprint density at radius 3 is 2.44 bits per heavy atom. The molecule has 1 saturated carbocycles. The molecule has 16 heavy (non-hydrogen) atoms. The molecule has 4 heteroatoms. The fourth-order valence-corrected chi connectivity index (χ4v) is 2.19. The molecule has 1 amide bonds. The van der Waals surface area contributed by atoms with Crippen LogP contribution < -0.4 is 0 Å². The zero-order valence-corrected chi connectivity index (χ0v) is 10.2. The lowest BCUT2D eigenvalue weighted by Crippen LogP contribution is -2.34. The summed E-state index contributed by atoms with van der Waals surface area (Å²) in [5, 5.41) is 0. The Morgan fingerprint density at radius 2 is 1.88 bits per heavy atom. The lowest BCUT2D eigenvalue weighted by atomic mass is 9.89. The molecule has 0 spiro atoms. The van der Waals surface area contributed by atoms with Crippen LogP contribution >= 0.6 is 0 Å². The van der Waals surface area contributed by atoms with Gasteiger partial charge in [0.05, 0.1) is 7.11 Å². The second kappa shape index (κ2) is 6.51. The van der Waals surface area contributed by atoms with E-state index in [1.165, 1.54) is 39.2 Å². The highest BCUT2D eigenvalue weighted by Gasteiger charge is 2.19. The molecule has 1 aliphatic rings. The van der Waals surface area contributed by atoms with E-state index in [-0.39, 0.29) is 12.3 Å². The summed E-state index contributed by atoms with van der Waals surface area (Å²) >= 11 is 0. The third-order valence-corrected chi connectivity index (χ3v) is 3.21. The predicted molar refractivity (Wildman–Crippen MR) is 60.8 cm³/mol. The first-order valence-electron chi connectivity index (χ1n) is 5.94. The van der Waals surface area contributed by atoms with Crippen molar-refractivity contribution in [3.05, 3.63) is 0 Å². The summed E-state index contributed by atoms with van der Waals surface area (Å²) in [5.41, 5.74) is 0. The standard InChI is InChI=1S/C12H21NO3/c1-13(11(14)8-12(15)16-2)9-10-6-4-3-5-7-10/h10H,3-9H2,1-2H3. The Balaban J connectivity index is 2.29. The van der Waals surface area contributed by atoms with Crippen molar-refractivity contribution in [3.63, 3.8) is 0 Å². The van der Waals surface area contributed by atoms with E-state index < -0.39 is 5.97 Å². The van der Waals surface area contributed by atoms with Crippen molar-refractivity contribution in [2.75, 3.05) is 20.7 Å². The lowest BCUT2D eigenvalue weighted by Gasteiger charge is -2.26. The van der Waals surface area contributed by atoms with Crippen LogP contribution in [0.5, 0.6) is 0 Å². The molecule has 0 aromatic heterocycles. The molecule has 4 nitrogen and oxygen atoms in total. The first kappa shape index (κ1) is 13.0. The van der Waals surface area contributed by atoms with E-state index in [4.69, 9.17) is 0 Å². The van der Waals surface area contributed by atoms with Crippen molar-refractivity contribution < 1.29 is 14.3 Å². The average Bonchev–Trinajstić information content (AvgIpc) is 2.30. The second-order valence-corrected chi connectivity index (χ2v) is 4.53. The van der Waals surface area contributed by atoms with Crippen LogP contribution in [0.15, 0.2) is 0 Å². The van der Waals surface area contributed by atoms with Gasteiger partial charge in [0.25, 0.3) is 0 Å². The van der Waals surface area contributed by atoms with Crippen molar-refractivity contribution >= 4 is 11.9 Å². The van der Waals surface area contributed by atoms with Crippen LogP contribution in [0.2, 0.25) is 0 Å². The summed E-state index contributed by atoms with van der Waals surface area (Å²) < 4.78 is 4.47. The summed E-state index contributed by atoms with van der Waals surface area (Å²) in [6.45, 7) is 0.774. The first-order chi connectivity index (χ1) is 7.63. The van der Waals surface area contributed by atoms with Gasteiger partial charge in [0.1, 0.15) is 6.42 Å². The molecule has 1 aliphatic carbocycles. The normalized spacial score (nSPS) is 16.9. The summed E-state index contributed by atoms with van der Waals surface area (Å²) in [5.74, 6) is 0.0123. The van der Waals surface area contributed by atoms with Gasteiger partial charge in [0.2, 0.25) is 5.91 Å². The zero-order chi connectivity index (χ0) is 12.0. The van der Waals surface area contributed by atoms with Gasteiger partial charge in [0, 0.05) is 13.6 Å². The predicted octanol–water partition coefficient (Wildman–Crippen LogP) is 1.59. The molecule has 0 aliphatic heterocycles. The number of amides is 1. The summed E-state index contributed by atoms with van der Waals surface area (Å²) in [6.07, 6.45) is 6.12. The van der Waals surface area contributed by atoms with E-state index in [1.807, 2.05) is 0 Å². The number of ether oxygens (including phenoxy) is 1. The summed E-state index contributed by atoms with van der Waals surface area (Å²) in [6, 6.07) is 0. The van der Waals surface area contributed by atoms with Crippen LogP contribution in [-0.2, 0) is 14.3 Å². The molecule has 0 heterocycles. The first-order valence-corrected chi connectivity index (χ1v) is 5.94. The Hall–Kier alpha value is -1.06. The molecule has 0 bridgehead atoms. The molecule has 0 atom stereocenters. The Labute approximate surface area is 96.9 Å². The SMILES string of the molecule is COC(=O)CC(=O)N(C)CC1CCCCC1.